The van der Waals surface area contributed by atoms with Crippen LogP contribution in [0.4, 0.5) is 13.2 Å². The molecule has 11 heteroatoms. The molecule has 7 nitrogen and oxygen atoms in total. The van der Waals surface area contributed by atoms with Crippen LogP contribution in [-0.4, -0.2) is 30.5 Å². The Morgan fingerprint density at radius 2 is 1.88 bits per heavy atom. The van der Waals surface area contributed by atoms with Gasteiger partial charge in [-0.3, -0.25) is 4.79 Å². The van der Waals surface area contributed by atoms with E-state index in [0.29, 0.717) is 18.9 Å². The number of carbonyl (C=O) groups excluding carboxylic acids is 1. The highest BCUT2D eigenvalue weighted by Crippen LogP contribution is 2.40. The summed E-state index contributed by atoms with van der Waals surface area (Å²) >= 11 is 0. The van der Waals surface area contributed by atoms with Crippen molar-refractivity contribution in [2.45, 2.75) is 41.9 Å². The summed E-state index contributed by atoms with van der Waals surface area (Å²) in [6.07, 6.45) is -2.65. The summed E-state index contributed by atoms with van der Waals surface area (Å²) in [6, 6.07) is 6.86. The van der Waals surface area contributed by atoms with Gasteiger partial charge in [-0.25, -0.2) is 18.2 Å². The Morgan fingerprint density at radius 3 is 2.44 bits per heavy atom. The van der Waals surface area contributed by atoms with Crippen molar-refractivity contribution in [2.24, 2.45) is 0 Å². The first-order valence-electron chi connectivity index (χ1n) is 9.70. The zero-order chi connectivity index (χ0) is 23.3. The van der Waals surface area contributed by atoms with Crippen LogP contribution in [0.3, 0.4) is 0 Å². The van der Waals surface area contributed by atoms with Gasteiger partial charge in [-0.05, 0) is 38.0 Å². The van der Waals surface area contributed by atoms with E-state index in [1.54, 1.807) is 0 Å². The maximum absolute atomic E-state index is 13.9. The SMILES string of the molecule is CCOC(=O)c1cn(C2CC2)c2nc(S(=O)(=O)c3ccccc3)c(C(F)(F)F)cc2c1=O. The molecule has 0 radical (unpaired) electrons. The van der Waals surface area contributed by atoms with E-state index in [2.05, 4.69) is 4.98 Å². The monoisotopic (exact) mass is 466 g/mol. The minimum Gasteiger partial charge on any atom is -0.462 e. The molecule has 3 aromatic rings. The van der Waals surface area contributed by atoms with Crippen LogP contribution >= 0.6 is 0 Å². The largest absolute Gasteiger partial charge is 0.462 e. The third-order valence-corrected chi connectivity index (χ3v) is 6.73. The molecule has 1 aliphatic rings. The highest BCUT2D eigenvalue weighted by Gasteiger charge is 2.40. The van der Waals surface area contributed by atoms with Crippen molar-refractivity contribution in [3.8, 4) is 0 Å². The molecule has 32 heavy (non-hydrogen) atoms. The minimum atomic E-state index is -5.12. The van der Waals surface area contributed by atoms with Gasteiger partial charge in [0.05, 0.1) is 22.5 Å². The molecule has 1 saturated carbocycles. The summed E-state index contributed by atoms with van der Waals surface area (Å²) in [6.45, 7) is 1.50. The van der Waals surface area contributed by atoms with Gasteiger partial charge in [0.25, 0.3) is 0 Å². The van der Waals surface area contributed by atoms with Gasteiger partial charge in [0.2, 0.25) is 15.3 Å². The molecule has 4 rings (SSSR count). The first-order valence-corrected chi connectivity index (χ1v) is 11.2. The number of halogens is 3. The van der Waals surface area contributed by atoms with Crippen molar-refractivity contribution in [3.05, 3.63) is 63.9 Å². The quantitative estimate of drug-likeness (QED) is 0.532. The molecule has 0 bridgehead atoms. The first kappa shape index (κ1) is 22.0. The molecule has 0 unspecified atom stereocenters. The summed E-state index contributed by atoms with van der Waals surface area (Å²) in [4.78, 5) is 28.6. The standard InChI is InChI=1S/C21H17F3N2O5S/c1-2-31-20(28)15-11-26(12-8-9-12)18-14(17(15)27)10-16(21(22,23)24)19(25-18)32(29,30)13-6-4-3-5-7-13/h3-7,10-12H,2,8-9H2,1H3. The number of carbonyl (C=O) groups is 1. The van der Waals surface area contributed by atoms with Crippen molar-refractivity contribution >= 4 is 26.8 Å². The van der Waals surface area contributed by atoms with Crippen LogP contribution in [0.25, 0.3) is 11.0 Å². The Hall–Kier alpha value is -3.21. The zero-order valence-electron chi connectivity index (χ0n) is 16.7. The molecule has 0 amide bonds. The Labute approximate surface area is 180 Å². The number of alkyl halides is 3. The molecule has 0 N–H and O–H groups in total. The topological polar surface area (TPSA) is 95.3 Å². The number of sulfone groups is 1. The van der Waals surface area contributed by atoms with Gasteiger partial charge in [0.1, 0.15) is 11.2 Å². The molecule has 0 atom stereocenters. The first-order chi connectivity index (χ1) is 15.1. The second-order valence-corrected chi connectivity index (χ2v) is 9.12. The summed E-state index contributed by atoms with van der Waals surface area (Å²) in [5, 5.41) is -1.69. The minimum absolute atomic E-state index is 0.0277. The highest BCUT2D eigenvalue weighted by atomic mass is 32.2. The van der Waals surface area contributed by atoms with Crippen LogP contribution in [-0.2, 0) is 20.8 Å². The Bertz CT molecular complexity index is 1380. The number of fused-ring (bicyclic) bond motifs is 1. The summed E-state index contributed by atoms with van der Waals surface area (Å²) in [5.74, 6) is -0.969. The molecule has 1 aliphatic carbocycles. The zero-order valence-corrected chi connectivity index (χ0v) is 17.5. The lowest BCUT2D eigenvalue weighted by Crippen LogP contribution is -2.24. The van der Waals surface area contributed by atoms with Crippen molar-refractivity contribution in [3.63, 3.8) is 0 Å². The van der Waals surface area contributed by atoms with Crippen LogP contribution in [0.2, 0.25) is 0 Å². The van der Waals surface area contributed by atoms with Gasteiger partial charge in [-0.1, -0.05) is 18.2 Å². The molecule has 168 valence electrons. The van der Waals surface area contributed by atoms with Crippen LogP contribution in [0, 0.1) is 0 Å². The lowest BCUT2D eigenvalue weighted by molar-refractivity contribution is -0.140. The maximum Gasteiger partial charge on any atom is 0.419 e. The number of ether oxygens (including phenoxy) is 1. The van der Waals surface area contributed by atoms with Gasteiger partial charge in [0, 0.05) is 12.2 Å². The maximum atomic E-state index is 13.9. The number of hydrogen-bond acceptors (Lipinski definition) is 6. The summed E-state index contributed by atoms with van der Waals surface area (Å²) in [5.41, 5.74) is -3.24. The van der Waals surface area contributed by atoms with Crippen molar-refractivity contribution < 1.29 is 31.1 Å². The fraction of sp³-hybridized carbons (Fsp3) is 0.286. The predicted octanol–water partition coefficient (Wildman–Crippen LogP) is 3.76. The Kier molecular flexibility index (Phi) is 5.32. The highest BCUT2D eigenvalue weighted by molar-refractivity contribution is 7.91. The van der Waals surface area contributed by atoms with E-state index in [9.17, 15) is 31.2 Å². The van der Waals surface area contributed by atoms with E-state index >= 15 is 0 Å². The number of aromatic nitrogens is 2. The Morgan fingerprint density at radius 1 is 1.22 bits per heavy atom. The predicted molar refractivity (Wildman–Crippen MR) is 107 cm³/mol. The van der Waals surface area contributed by atoms with Gasteiger partial charge in [-0.2, -0.15) is 13.2 Å². The fourth-order valence-electron chi connectivity index (χ4n) is 3.36. The van der Waals surface area contributed by atoms with Crippen LogP contribution in [0.1, 0.15) is 41.7 Å². The molecular formula is C21H17F3N2O5S. The third kappa shape index (κ3) is 3.77. The van der Waals surface area contributed by atoms with Gasteiger partial charge < -0.3 is 9.30 Å². The number of rotatable bonds is 5. The number of pyridine rings is 2. The molecule has 0 spiro atoms. The third-order valence-electron chi connectivity index (χ3n) is 5.02. The van der Waals surface area contributed by atoms with Crippen LogP contribution in [0.15, 0.2) is 57.3 Å². The van der Waals surface area contributed by atoms with Crippen molar-refractivity contribution in [1.29, 1.82) is 0 Å². The van der Waals surface area contributed by atoms with Gasteiger partial charge in [0.15, 0.2) is 5.03 Å². The number of benzene rings is 1. The van der Waals surface area contributed by atoms with E-state index < -0.39 is 49.0 Å². The molecule has 2 aromatic heterocycles. The molecule has 2 heterocycles. The molecule has 1 aromatic carbocycles. The summed E-state index contributed by atoms with van der Waals surface area (Å²) < 4.78 is 74.1. The normalized spacial score (nSPS) is 14.5. The van der Waals surface area contributed by atoms with E-state index in [-0.39, 0.29) is 23.2 Å². The average molecular weight is 466 g/mol. The number of nitrogens with zero attached hydrogens (tertiary/aromatic N) is 2. The Balaban J connectivity index is 2.09. The van der Waals surface area contributed by atoms with E-state index in [4.69, 9.17) is 4.74 Å². The van der Waals surface area contributed by atoms with Gasteiger partial charge >= 0.3 is 12.1 Å². The van der Waals surface area contributed by atoms with Gasteiger partial charge in [-0.15, -0.1) is 0 Å². The molecular weight excluding hydrogens is 449 g/mol. The van der Waals surface area contributed by atoms with Crippen LogP contribution in [0.5, 0.6) is 0 Å². The van der Waals surface area contributed by atoms with E-state index in [1.165, 1.54) is 48.0 Å². The average Bonchev–Trinajstić information content (AvgIpc) is 3.58. The summed E-state index contributed by atoms with van der Waals surface area (Å²) in [7, 11) is -4.65. The van der Waals surface area contributed by atoms with E-state index in [1.807, 2.05) is 0 Å². The lowest BCUT2D eigenvalue weighted by Gasteiger charge is -2.17. The van der Waals surface area contributed by atoms with E-state index in [0.717, 1.165) is 0 Å². The van der Waals surface area contributed by atoms with Crippen LogP contribution < -0.4 is 5.43 Å². The number of hydrogen-bond donors (Lipinski definition) is 0. The second-order valence-electron chi connectivity index (χ2n) is 7.26. The second kappa shape index (κ2) is 7.73. The fourth-order valence-corrected chi connectivity index (χ4v) is 4.77. The van der Waals surface area contributed by atoms with Crippen molar-refractivity contribution in [2.75, 3.05) is 6.61 Å². The molecule has 0 saturated heterocycles. The number of esters is 1. The molecule has 1 fully saturated rings. The smallest absolute Gasteiger partial charge is 0.419 e. The lowest BCUT2D eigenvalue weighted by atomic mass is 10.1. The van der Waals surface area contributed by atoms with Crippen molar-refractivity contribution in [1.82, 2.24) is 9.55 Å². The molecule has 0 aliphatic heterocycles.